The van der Waals surface area contributed by atoms with E-state index in [4.69, 9.17) is 16.6 Å². The fraction of sp³-hybridized carbons (Fsp3) is 0.444. The van der Waals surface area contributed by atoms with Crippen molar-refractivity contribution in [3.05, 3.63) is 22.7 Å². The largest absolute Gasteiger partial charge is 0.481 e. The zero-order valence-corrected chi connectivity index (χ0v) is 8.67. The van der Waals surface area contributed by atoms with Gasteiger partial charge < -0.3 is 16.6 Å². The number of rotatable bonds is 5. The van der Waals surface area contributed by atoms with Crippen LogP contribution in [0.1, 0.15) is 12.8 Å². The monoisotopic (exact) mass is 226 g/mol. The highest BCUT2D eigenvalue weighted by Crippen LogP contribution is 1.98. The Morgan fingerprint density at radius 1 is 1.62 bits per heavy atom. The van der Waals surface area contributed by atoms with Crippen LogP contribution in [0.2, 0.25) is 0 Å². The minimum absolute atomic E-state index is 0.0156. The molecular formula is C9H14N4O3. The van der Waals surface area contributed by atoms with E-state index in [-0.39, 0.29) is 24.8 Å². The Morgan fingerprint density at radius 2 is 2.31 bits per heavy atom. The summed E-state index contributed by atoms with van der Waals surface area (Å²) in [6.07, 6.45) is 1.79. The lowest BCUT2D eigenvalue weighted by Gasteiger charge is -2.11. The molecule has 0 aliphatic heterocycles. The number of anilines is 1. The molecule has 1 aromatic heterocycles. The fourth-order valence-electron chi connectivity index (χ4n) is 1.23. The van der Waals surface area contributed by atoms with Crippen LogP contribution >= 0.6 is 0 Å². The smallest absolute Gasteiger partial charge is 0.349 e. The van der Waals surface area contributed by atoms with Gasteiger partial charge in [0.1, 0.15) is 5.82 Å². The fourth-order valence-corrected chi connectivity index (χ4v) is 1.23. The van der Waals surface area contributed by atoms with Crippen molar-refractivity contribution in [2.45, 2.75) is 25.4 Å². The molecule has 5 N–H and O–H groups in total. The Kier molecular flexibility index (Phi) is 4.01. The molecule has 0 aromatic carbocycles. The predicted molar refractivity (Wildman–Crippen MR) is 57.8 cm³/mol. The summed E-state index contributed by atoms with van der Waals surface area (Å²) in [4.78, 5) is 25.2. The molecule has 0 saturated heterocycles. The van der Waals surface area contributed by atoms with Gasteiger partial charge in [0.15, 0.2) is 0 Å². The normalized spacial score (nSPS) is 12.3. The zero-order valence-electron chi connectivity index (χ0n) is 8.67. The second-order valence-electron chi connectivity index (χ2n) is 3.48. The van der Waals surface area contributed by atoms with Gasteiger partial charge in [0, 0.05) is 25.2 Å². The van der Waals surface area contributed by atoms with Gasteiger partial charge >= 0.3 is 11.7 Å². The minimum Gasteiger partial charge on any atom is -0.481 e. The molecule has 1 atom stereocenters. The van der Waals surface area contributed by atoms with Gasteiger partial charge in [0.25, 0.3) is 0 Å². The Bertz CT molecular complexity index is 429. The van der Waals surface area contributed by atoms with E-state index in [0.29, 0.717) is 6.42 Å². The third-order valence-corrected chi connectivity index (χ3v) is 2.06. The lowest BCUT2D eigenvalue weighted by molar-refractivity contribution is -0.137. The van der Waals surface area contributed by atoms with E-state index in [0.717, 1.165) is 0 Å². The highest BCUT2D eigenvalue weighted by Gasteiger charge is 2.08. The van der Waals surface area contributed by atoms with Gasteiger partial charge in [-0.2, -0.15) is 4.98 Å². The maximum atomic E-state index is 11.3. The third-order valence-electron chi connectivity index (χ3n) is 2.06. The molecule has 0 aliphatic rings. The number of aliphatic carboxylic acids is 1. The van der Waals surface area contributed by atoms with Crippen LogP contribution in [0.15, 0.2) is 17.1 Å². The molecule has 7 nitrogen and oxygen atoms in total. The maximum absolute atomic E-state index is 11.3. The van der Waals surface area contributed by atoms with E-state index in [9.17, 15) is 9.59 Å². The van der Waals surface area contributed by atoms with Gasteiger partial charge in [-0.3, -0.25) is 9.36 Å². The molecule has 0 radical (unpaired) electrons. The SMILES string of the molecule is Nc1ccn(CC(N)CCC(=O)O)c(=O)n1. The van der Waals surface area contributed by atoms with Crippen LogP contribution in [0.5, 0.6) is 0 Å². The first-order valence-corrected chi connectivity index (χ1v) is 4.79. The number of nitrogens with zero attached hydrogens (tertiary/aromatic N) is 2. The van der Waals surface area contributed by atoms with E-state index in [1.54, 1.807) is 0 Å². The lowest BCUT2D eigenvalue weighted by atomic mass is 10.1. The quantitative estimate of drug-likeness (QED) is 0.592. The van der Waals surface area contributed by atoms with Crippen molar-refractivity contribution in [3.8, 4) is 0 Å². The molecule has 0 fully saturated rings. The molecular weight excluding hydrogens is 212 g/mol. The van der Waals surface area contributed by atoms with Crippen LogP contribution in [-0.2, 0) is 11.3 Å². The van der Waals surface area contributed by atoms with Crippen LogP contribution in [0.25, 0.3) is 0 Å². The number of carbonyl (C=O) groups is 1. The second-order valence-corrected chi connectivity index (χ2v) is 3.48. The van der Waals surface area contributed by atoms with Gasteiger partial charge in [0.05, 0.1) is 0 Å². The average molecular weight is 226 g/mol. The summed E-state index contributed by atoms with van der Waals surface area (Å²) < 4.78 is 1.31. The van der Waals surface area contributed by atoms with E-state index in [2.05, 4.69) is 4.98 Å². The molecule has 1 heterocycles. The van der Waals surface area contributed by atoms with Crippen LogP contribution in [0.3, 0.4) is 0 Å². The number of hydrogen-bond donors (Lipinski definition) is 3. The number of hydrogen-bond acceptors (Lipinski definition) is 5. The molecule has 88 valence electrons. The number of carboxylic acid groups (broad SMARTS) is 1. The maximum Gasteiger partial charge on any atom is 0.349 e. The first-order valence-electron chi connectivity index (χ1n) is 4.79. The summed E-state index contributed by atoms with van der Waals surface area (Å²) in [5, 5.41) is 8.47. The summed E-state index contributed by atoms with van der Waals surface area (Å²) in [7, 11) is 0. The van der Waals surface area contributed by atoms with Crippen molar-refractivity contribution < 1.29 is 9.90 Å². The van der Waals surface area contributed by atoms with E-state index in [1.807, 2.05) is 0 Å². The van der Waals surface area contributed by atoms with Crippen molar-refractivity contribution in [2.24, 2.45) is 5.73 Å². The van der Waals surface area contributed by atoms with E-state index < -0.39 is 11.7 Å². The van der Waals surface area contributed by atoms with Crippen molar-refractivity contribution in [1.29, 1.82) is 0 Å². The van der Waals surface area contributed by atoms with Gasteiger partial charge in [-0.15, -0.1) is 0 Å². The highest BCUT2D eigenvalue weighted by molar-refractivity contribution is 5.66. The Hall–Kier alpha value is -1.89. The van der Waals surface area contributed by atoms with E-state index >= 15 is 0 Å². The van der Waals surface area contributed by atoms with Crippen molar-refractivity contribution in [2.75, 3.05) is 5.73 Å². The number of aromatic nitrogens is 2. The van der Waals surface area contributed by atoms with Crippen molar-refractivity contribution in [3.63, 3.8) is 0 Å². The molecule has 1 rings (SSSR count). The lowest BCUT2D eigenvalue weighted by Crippen LogP contribution is -2.33. The molecule has 0 spiro atoms. The number of nitrogens with two attached hydrogens (primary N) is 2. The predicted octanol–water partition coefficient (Wildman–Crippen LogP) is -0.982. The summed E-state index contributed by atoms with van der Waals surface area (Å²) in [5.74, 6) is -0.751. The molecule has 0 amide bonds. The highest BCUT2D eigenvalue weighted by atomic mass is 16.4. The molecule has 1 aromatic rings. The summed E-state index contributed by atoms with van der Waals surface area (Å²) in [6, 6.07) is 1.10. The van der Waals surface area contributed by atoms with Crippen LogP contribution in [0, 0.1) is 0 Å². The molecule has 0 saturated carbocycles. The minimum atomic E-state index is -0.904. The Labute approximate surface area is 91.7 Å². The summed E-state index contributed by atoms with van der Waals surface area (Å²) in [5.41, 5.74) is 10.5. The number of carboxylic acids is 1. The topological polar surface area (TPSA) is 124 Å². The van der Waals surface area contributed by atoms with Crippen molar-refractivity contribution in [1.82, 2.24) is 9.55 Å². The van der Waals surface area contributed by atoms with Gasteiger partial charge in [-0.25, -0.2) is 4.79 Å². The van der Waals surface area contributed by atoms with Crippen LogP contribution in [-0.4, -0.2) is 26.7 Å². The van der Waals surface area contributed by atoms with Gasteiger partial charge in [0.2, 0.25) is 0 Å². The number of nitrogen functional groups attached to an aromatic ring is 1. The van der Waals surface area contributed by atoms with Crippen LogP contribution < -0.4 is 17.2 Å². The van der Waals surface area contributed by atoms with Crippen molar-refractivity contribution >= 4 is 11.8 Å². The average Bonchev–Trinajstić information content (AvgIpc) is 2.19. The second kappa shape index (κ2) is 5.26. The van der Waals surface area contributed by atoms with Gasteiger partial charge in [-0.05, 0) is 12.5 Å². The molecule has 7 heteroatoms. The zero-order chi connectivity index (χ0) is 12.1. The molecule has 0 aliphatic carbocycles. The standard InChI is InChI=1S/C9H14N4O3/c10-6(1-2-8(14)15)5-13-4-3-7(11)12-9(13)16/h3-4,6H,1-2,5,10H2,(H,14,15)(H2,11,12,16). The Morgan fingerprint density at radius 3 is 2.88 bits per heavy atom. The molecule has 1 unspecified atom stereocenters. The Balaban J connectivity index is 2.59. The molecule has 16 heavy (non-hydrogen) atoms. The van der Waals surface area contributed by atoms with Crippen LogP contribution in [0.4, 0.5) is 5.82 Å². The first-order chi connectivity index (χ1) is 7.49. The first kappa shape index (κ1) is 12.2. The van der Waals surface area contributed by atoms with Gasteiger partial charge in [-0.1, -0.05) is 0 Å². The molecule has 0 bridgehead atoms. The summed E-state index contributed by atoms with van der Waals surface area (Å²) >= 11 is 0. The third kappa shape index (κ3) is 3.70. The summed E-state index contributed by atoms with van der Waals surface area (Å²) in [6.45, 7) is 0.236. The van der Waals surface area contributed by atoms with E-state index in [1.165, 1.54) is 16.8 Å².